The number of hydrogen-bond donors (Lipinski definition) is 0. The lowest BCUT2D eigenvalue weighted by atomic mass is 9.97. The molecule has 2 atom stereocenters. The van der Waals surface area contributed by atoms with Crippen molar-refractivity contribution in [2.75, 3.05) is 7.05 Å². The van der Waals surface area contributed by atoms with E-state index in [1.54, 1.807) is 0 Å². The standard InChI is InChI=1S/C12H25N/c1-5-6-10(2)9-11(3)13(4)12-7-8-12/h10-12H,5-9H2,1-4H3. The summed E-state index contributed by atoms with van der Waals surface area (Å²) in [5, 5.41) is 0. The molecule has 0 saturated heterocycles. The maximum atomic E-state index is 2.58. The highest BCUT2D eigenvalue weighted by molar-refractivity contribution is 4.85. The quantitative estimate of drug-likeness (QED) is 0.611. The van der Waals surface area contributed by atoms with E-state index < -0.39 is 0 Å². The highest BCUT2D eigenvalue weighted by atomic mass is 15.2. The van der Waals surface area contributed by atoms with Crippen LogP contribution in [-0.2, 0) is 0 Å². The fourth-order valence-corrected chi connectivity index (χ4v) is 2.20. The molecule has 0 bridgehead atoms. The fourth-order valence-electron chi connectivity index (χ4n) is 2.20. The number of nitrogens with zero attached hydrogens (tertiary/aromatic N) is 1. The average molecular weight is 183 g/mol. The molecular weight excluding hydrogens is 158 g/mol. The minimum absolute atomic E-state index is 0.786. The molecule has 1 rings (SSSR count). The van der Waals surface area contributed by atoms with Crippen LogP contribution in [0.2, 0.25) is 0 Å². The van der Waals surface area contributed by atoms with Crippen LogP contribution in [0.4, 0.5) is 0 Å². The van der Waals surface area contributed by atoms with Crippen LogP contribution in [0.15, 0.2) is 0 Å². The van der Waals surface area contributed by atoms with E-state index in [4.69, 9.17) is 0 Å². The fraction of sp³-hybridized carbons (Fsp3) is 1.00. The molecule has 0 heterocycles. The number of hydrogen-bond acceptors (Lipinski definition) is 1. The molecule has 1 aliphatic rings. The van der Waals surface area contributed by atoms with Gasteiger partial charge in [0.25, 0.3) is 0 Å². The molecule has 0 aromatic carbocycles. The SMILES string of the molecule is CCCC(C)CC(C)N(C)C1CC1. The largest absolute Gasteiger partial charge is 0.301 e. The van der Waals surface area contributed by atoms with Crippen LogP contribution in [0.3, 0.4) is 0 Å². The van der Waals surface area contributed by atoms with Crippen molar-refractivity contribution in [1.29, 1.82) is 0 Å². The first-order chi connectivity index (χ1) is 6.15. The smallest absolute Gasteiger partial charge is 0.00961 e. The molecule has 78 valence electrons. The molecule has 1 aliphatic carbocycles. The van der Waals surface area contributed by atoms with Crippen LogP contribution in [0, 0.1) is 5.92 Å². The highest BCUT2D eigenvalue weighted by Crippen LogP contribution is 2.29. The second-order valence-corrected chi connectivity index (χ2v) is 4.88. The van der Waals surface area contributed by atoms with E-state index in [0.717, 1.165) is 18.0 Å². The first-order valence-corrected chi connectivity index (χ1v) is 5.87. The van der Waals surface area contributed by atoms with Gasteiger partial charge in [-0.05, 0) is 39.2 Å². The summed E-state index contributed by atoms with van der Waals surface area (Å²) < 4.78 is 0. The van der Waals surface area contributed by atoms with E-state index in [2.05, 4.69) is 32.7 Å². The summed E-state index contributed by atoms with van der Waals surface area (Å²) in [7, 11) is 2.29. The van der Waals surface area contributed by atoms with E-state index in [1.165, 1.54) is 32.1 Å². The van der Waals surface area contributed by atoms with Gasteiger partial charge in [0.15, 0.2) is 0 Å². The maximum Gasteiger partial charge on any atom is 0.00961 e. The molecule has 0 amide bonds. The molecule has 1 saturated carbocycles. The molecule has 0 aliphatic heterocycles. The summed E-state index contributed by atoms with van der Waals surface area (Å²) >= 11 is 0. The van der Waals surface area contributed by atoms with Crippen LogP contribution < -0.4 is 0 Å². The van der Waals surface area contributed by atoms with Crippen molar-refractivity contribution in [3.05, 3.63) is 0 Å². The van der Waals surface area contributed by atoms with E-state index >= 15 is 0 Å². The first kappa shape index (κ1) is 11.0. The van der Waals surface area contributed by atoms with Crippen molar-refractivity contribution in [3.8, 4) is 0 Å². The molecule has 0 spiro atoms. The topological polar surface area (TPSA) is 3.24 Å². The Bertz CT molecular complexity index is 140. The van der Waals surface area contributed by atoms with Crippen molar-refractivity contribution in [1.82, 2.24) is 4.90 Å². The molecule has 1 nitrogen and oxygen atoms in total. The van der Waals surface area contributed by atoms with Crippen LogP contribution in [0.1, 0.15) is 52.9 Å². The van der Waals surface area contributed by atoms with Gasteiger partial charge < -0.3 is 4.90 Å². The molecule has 2 unspecified atom stereocenters. The summed E-state index contributed by atoms with van der Waals surface area (Å²) in [5.41, 5.74) is 0. The van der Waals surface area contributed by atoms with E-state index in [1.807, 2.05) is 0 Å². The van der Waals surface area contributed by atoms with Crippen LogP contribution in [0.5, 0.6) is 0 Å². The predicted molar refractivity (Wildman–Crippen MR) is 58.9 cm³/mol. The van der Waals surface area contributed by atoms with Crippen molar-refractivity contribution in [3.63, 3.8) is 0 Å². The zero-order valence-corrected chi connectivity index (χ0v) is 9.71. The Labute approximate surface area is 83.5 Å². The molecule has 1 fully saturated rings. The number of rotatable bonds is 6. The maximum absolute atomic E-state index is 2.58. The van der Waals surface area contributed by atoms with Crippen LogP contribution in [-0.4, -0.2) is 24.0 Å². The Hall–Kier alpha value is -0.0400. The third-order valence-corrected chi connectivity index (χ3v) is 3.34. The van der Waals surface area contributed by atoms with Crippen molar-refractivity contribution in [2.24, 2.45) is 5.92 Å². The zero-order valence-electron chi connectivity index (χ0n) is 9.71. The second kappa shape index (κ2) is 4.99. The third-order valence-electron chi connectivity index (χ3n) is 3.34. The van der Waals surface area contributed by atoms with Gasteiger partial charge in [-0.25, -0.2) is 0 Å². The lowest BCUT2D eigenvalue weighted by molar-refractivity contribution is 0.212. The molecule has 0 radical (unpaired) electrons. The monoisotopic (exact) mass is 183 g/mol. The lowest BCUT2D eigenvalue weighted by Crippen LogP contribution is -2.32. The molecule has 0 aromatic heterocycles. The summed E-state index contributed by atoms with van der Waals surface area (Å²) in [4.78, 5) is 2.58. The first-order valence-electron chi connectivity index (χ1n) is 5.87. The van der Waals surface area contributed by atoms with Gasteiger partial charge in [-0.3, -0.25) is 0 Å². The lowest BCUT2D eigenvalue weighted by Gasteiger charge is -2.26. The summed E-state index contributed by atoms with van der Waals surface area (Å²) in [6.07, 6.45) is 6.97. The van der Waals surface area contributed by atoms with E-state index in [0.29, 0.717) is 0 Å². The van der Waals surface area contributed by atoms with Gasteiger partial charge in [-0.2, -0.15) is 0 Å². The van der Waals surface area contributed by atoms with Gasteiger partial charge in [-0.15, -0.1) is 0 Å². The Morgan fingerprint density at radius 1 is 1.31 bits per heavy atom. The summed E-state index contributed by atoms with van der Waals surface area (Å²) in [5.74, 6) is 0.904. The Morgan fingerprint density at radius 3 is 2.38 bits per heavy atom. The zero-order chi connectivity index (χ0) is 9.84. The van der Waals surface area contributed by atoms with Crippen LogP contribution >= 0.6 is 0 Å². The molecule has 0 aromatic rings. The molecule has 13 heavy (non-hydrogen) atoms. The van der Waals surface area contributed by atoms with Gasteiger partial charge in [0, 0.05) is 12.1 Å². The van der Waals surface area contributed by atoms with Gasteiger partial charge >= 0.3 is 0 Å². The van der Waals surface area contributed by atoms with Crippen molar-refractivity contribution >= 4 is 0 Å². The van der Waals surface area contributed by atoms with E-state index in [-0.39, 0.29) is 0 Å². The van der Waals surface area contributed by atoms with Crippen molar-refractivity contribution in [2.45, 2.75) is 65.0 Å². The normalized spacial score (nSPS) is 21.9. The van der Waals surface area contributed by atoms with Crippen molar-refractivity contribution < 1.29 is 0 Å². The predicted octanol–water partition coefficient (Wildman–Crippen LogP) is 3.30. The molecule has 0 N–H and O–H groups in total. The van der Waals surface area contributed by atoms with Gasteiger partial charge in [0.2, 0.25) is 0 Å². The minimum atomic E-state index is 0.786. The van der Waals surface area contributed by atoms with Gasteiger partial charge in [0.05, 0.1) is 0 Å². The Balaban J connectivity index is 2.18. The Kier molecular flexibility index (Phi) is 4.24. The Morgan fingerprint density at radius 2 is 1.92 bits per heavy atom. The van der Waals surface area contributed by atoms with Gasteiger partial charge in [0.1, 0.15) is 0 Å². The summed E-state index contributed by atoms with van der Waals surface area (Å²) in [6, 6.07) is 1.71. The van der Waals surface area contributed by atoms with Crippen LogP contribution in [0.25, 0.3) is 0 Å². The average Bonchev–Trinajstić information content (AvgIpc) is 2.85. The minimum Gasteiger partial charge on any atom is -0.301 e. The van der Waals surface area contributed by atoms with Gasteiger partial charge in [-0.1, -0.05) is 26.7 Å². The second-order valence-electron chi connectivity index (χ2n) is 4.88. The third kappa shape index (κ3) is 3.68. The van der Waals surface area contributed by atoms with E-state index in [9.17, 15) is 0 Å². The highest BCUT2D eigenvalue weighted by Gasteiger charge is 2.29. The molecule has 1 heteroatoms. The molecular formula is C12H25N. The summed E-state index contributed by atoms with van der Waals surface area (Å²) in [6.45, 7) is 7.05.